The number of sulfonamides is 1. The zero-order chi connectivity index (χ0) is 19.1. The average Bonchev–Trinajstić information content (AvgIpc) is 2.56. The zero-order valence-corrected chi connectivity index (χ0v) is 13.6. The van der Waals surface area contributed by atoms with Crippen molar-refractivity contribution in [2.24, 2.45) is 0 Å². The lowest BCUT2D eigenvalue weighted by Gasteiger charge is -2.13. The van der Waals surface area contributed by atoms with Crippen molar-refractivity contribution in [3.8, 4) is 0 Å². The molecule has 3 rings (SSSR count). The molecule has 0 aliphatic heterocycles. The molecule has 0 aromatic heterocycles. The topological polar surface area (TPSA) is 46.2 Å². The highest BCUT2D eigenvalue weighted by atomic mass is 32.2. The Morgan fingerprint density at radius 2 is 1.46 bits per heavy atom. The van der Waals surface area contributed by atoms with Crippen LogP contribution in [0.4, 0.5) is 27.6 Å². The maximum Gasteiger partial charge on any atom is 0.419 e. The highest BCUT2D eigenvalue weighted by molar-refractivity contribution is 7.92. The number of benzene rings is 3. The molecule has 0 fully saturated rings. The fraction of sp³-hybridized carbons (Fsp3) is 0.0588. The van der Waals surface area contributed by atoms with E-state index in [0.29, 0.717) is 5.39 Å². The number of anilines is 1. The molecular weight excluding hydrogens is 377 g/mol. The van der Waals surface area contributed by atoms with Crippen LogP contribution in [0.1, 0.15) is 5.56 Å². The fourth-order valence-electron chi connectivity index (χ4n) is 2.38. The smallest absolute Gasteiger partial charge is 0.277 e. The number of fused-ring (bicyclic) bond motifs is 1. The summed E-state index contributed by atoms with van der Waals surface area (Å²) < 4.78 is 91.7. The minimum absolute atomic E-state index is 0.0897. The van der Waals surface area contributed by atoms with Crippen LogP contribution >= 0.6 is 0 Å². The summed E-state index contributed by atoms with van der Waals surface area (Å²) in [5, 5.41) is 1.35. The molecule has 3 aromatic rings. The van der Waals surface area contributed by atoms with Gasteiger partial charge in [-0.1, -0.05) is 30.3 Å². The Bertz CT molecular complexity index is 1090. The summed E-state index contributed by atoms with van der Waals surface area (Å²) in [6, 6.07) is 11.0. The number of rotatable bonds is 3. The van der Waals surface area contributed by atoms with E-state index in [2.05, 4.69) is 0 Å². The second-order valence-corrected chi connectivity index (χ2v) is 7.11. The average molecular weight is 387 g/mol. The van der Waals surface area contributed by atoms with Crippen LogP contribution < -0.4 is 4.72 Å². The van der Waals surface area contributed by atoms with Gasteiger partial charge in [-0.15, -0.1) is 0 Å². The molecule has 26 heavy (non-hydrogen) atoms. The molecular formula is C17H10F5NO2S. The minimum Gasteiger partial charge on any atom is -0.277 e. The lowest BCUT2D eigenvalue weighted by Crippen LogP contribution is -2.16. The molecule has 0 saturated carbocycles. The first-order valence-corrected chi connectivity index (χ1v) is 8.64. The third-order valence-electron chi connectivity index (χ3n) is 3.64. The van der Waals surface area contributed by atoms with E-state index in [0.717, 1.165) is 5.39 Å². The predicted octanol–water partition coefficient (Wildman–Crippen LogP) is 4.94. The van der Waals surface area contributed by atoms with Crippen molar-refractivity contribution < 1.29 is 30.4 Å². The number of alkyl halides is 3. The summed E-state index contributed by atoms with van der Waals surface area (Å²) >= 11 is 0. The Kier molecular flexibility index (Phi) is 4.35. The Hall–Kier alpha value is -2.68. The molecule has 0 radical (unpaired) electrons. The van der Waals surface area contributed by atoms with Gasteiger partial charge in [-0.3, -0.25) is 4.72 Å². The SMILES string of the molecule is O=S(=O)(Nc1cc(F)c(C(F)(F)F)cc1F)c1ccc2ccccc2c1. The Labute approximate surface area is 145 Å². The van der Waals surface area contributed by atoms with Gasteiger partial charge in [0.1, 0.15) is 11.6 Å². The van der Waals surface area contributed by atoms with E-state index >= 15 is 0 Å². The van der Waals surface area contributed by atoms with Gasteiger partial charge in [-0.2, -0.15) is 13.2 Å². The largest absolute Gasteiger partial charge is 0.419 e. The van der Waals surface area contributed by atoms with E-state index in [4.69, 9.17) is 0 Å². The van der Waals surface area contributed by atoms with Crippen molar-refractivity contribution in [3.05, 3.63) is 71.8 Å². The van der Waals surface area contributed by atoms with Crippen LogP contribution in [0.15, 0.2) is 59.5 Å². The van der Waals surface area contributed by atoms with Crippen molar-refractivity contribution >= 4 is 26.5 Å². The van der Waals surface area contributed by atoms with Crippen molar-refractivity contribution in [2.75, 3.05) is 4.72 Å². The molecule has 0 atom stereocenters. The lowest BCUT2D eigenvalue weighted by atomic mass is 10.1. The van der Waals surface area contributed by atoms with Gasteiger partial charge in [-0.05, 0) is 29.0 Å². The number of hydrogen-bond donors (Lipinski definition) is 1. The number of hydrogen-bond acceptors (Lipinski definition) is 2. The number of halogens is 5. The molecule has 3 aromatic carbocycles. The molecule has 0 bridgehead atoms. The van der Waals surface area contributed by atoms with E-state index in [1.807, 2.05) is 0 Å². The van der Waals surface area contributed by atoms with Gasteiger partial charge < -0.3 is 0 Å². The molecule has 9 heteroatoms. The Morgan fingerprint density at radius 1 is 0.808 bits per heavy atom. The number of nitrogens with one attached hydrogen (secondary N) is 1. The Morgan fingerprint density at radius 3 is 2.12 bits per heavy atom. The zero-order valence-electron chi connectivity index (χ0n) is 12.8. The second kappa shape index (κ2) is 6.24. The molecule has 0 saturated heterocycles. The maximum absolute atomic E-state index is 13.9. The standard InChI is InChI=1S/C17H10F5NO2S/c18-14-9-16(15(19)8-13(14)17(20,21)22)23-26(24,25)12-6-5-10-3-1-2-4-11(10)7-12/h1-9,23H. The molecule has 1 N–H and O–H groups in total. The Balaban J connectivity index is 2.00. The minimum atomic E-state index is -5.10. The first-order chi connectivity index (χ1) is 12.1. The van der Waals surface area contributed by atoms with Crippen LogP contribution in [0.3, 0.4) is 0 Å². The first-order valence-electron chi connectivity index (χ1n) is 7.16. The van der Waals surface area contributed by atoms with Gasteiger partial charge >= 0.3 is 6.18 Å². The monoisotopic (exact) mass is 387 g/mol. The van der Waals surface area contributed by atoms with Crippen LogP contribution in [0.25, 0.3) is 10.8 Å². The third kappa shape index (κ3) is 3.48. The first kappa shape index (κ1) is 18.1. The van der Waals surface area contributed by atoms with Crippen molar-refractivity contribution in [1.82, 2.24) is 0 Å². The third-order valence-corrected chi connectivity index (χ3v) is 5.00. The second-order valence-electron chi connectivity index (χ2n) is 5.42. The molecule has 0 aliphatic rings. The van der Waals surface area contributed by atoms with Crippen molar-refractivity contribution in [1.29, 1.82) is 0 Å². The van der Waals surface area contributed by atoms with Crippen LogP contribution in [-0.2, 0) is 16.2 Å². The van der Waals surface area contributed by atoms with Crippen LogP contribution in [0.2, 0.25) is 0 Å². The van der Waals surface area contributed by atoms with Gasteiger partial charge in [0, 0.05) is 6.07 Å². The summed E-state index contributed by atoms with van der Waals surface area (Å²) in [6.45, 7) is 0. The highest BCUT2D eigenvalue weighted by Crippen LogP contribution is 2.34. The van der Waals surface area contributed by atoms with Gasteiger partial charge in [-0.25, -0.2) is 17.2 Å². The van der Waals surface area contributed by atoms with Crippen LogP contribution in [0.5, 0.6) is 0 Å². The molecule has 0 amide bonds. The lowest BCUT2D eigenvalue weighted by molar-refractivity contribution is -0.140. The molecule has 0 spiro atoms. The summed E-state index contributed by atoms with van der Waals surface area (Å²) in [4.78, 5) is -0.240. The summed E-state index contributed by atoms with van der Waals surface area (Å²) in [5.74, 6) is -3.32. The predicted molar refractivity (Wildman–Crippen MR) is 86.1 cm³/mol. The van der Waals surface area contributed by atoms with Gasteiger partial charge in [0.15, 0.2) is 0 Å². The molecule has 0 heterocycles. The molecule has 136 valence electrons. The summed E-state index contributed by atoms with van der Waals surface area (Å²) in [6.07, 6.45) is -5.10. The van der Waals surface area contributed by atoms with Gasteiger partial charge in [0.25, 0.3) is 10.0 Å². The van der Waals surface area contributed by atoms with E-state index in [1.165, 1.54) is 18.2 Å². The summed E-state index contributed by atoms with van der Waals surface area (Å²) in [5.41, 5.74) is -2.73. The van der Waals surface area contributed by atoms with E-state index < -0.39 is 39.1 Å². The van der Waals surface area contributed by atoms with E-state index in [-0.39, 0.29) is 17.0 Å². The van der Waals surface area contributed by atoms with E-state index in [9.17, 15) is 30.4 Å². The quantitative estimate of drug-likeness (QED) is 0.648. The van der Waals surface area contributed by atoms with Crippen molar-refractivity contribution in [3.63, 3.8) is 0 Å². The van der Waals surface area contributed by atoms with Gasteiger partial charge in [0.2, 0.25) is 0 Å². The van der Waals surface area contributed by atoms with Crippen molar-refractivity contribution in [2.45, 2.75) is 11.1 Å². The maximum atomic E-state index is 13.9. The normalized spacial score (nSPS) is 12.3. The van der Waals surface area contributed by atoms with Crippen LogP contribution in [0, 0.1) is 11.6 Å². The molecule has 3 nitrogen and oxygen atoms in total. The van der Waals surface area contributed by atoms with Crippen LogP contribution in [-0.4, -0.2) is 8.42 Å². The fourth-order valence-corrected chi connectivity index (χ4v) is 3.47. The molecule has 0 aliphatic carbocycles. The van der Waals surface area contributed by atoms with E-state index in [1.54, 1.807) is 29.0 Å². The van der Waals surface area contributed by atoms with Gasteiger partial charge in [0.05, 0.1) is 16.1 Å². The summed E-state index contributed by atoms with van der Waals surface area (Å²) in [7, 11) is -4.33. The molecule has 0 unspecified atom stereocenters. The highest BCUT2D eigenvalue weighted by Gasteiger charge is 2.35.